The molecular formula is C17H26N2O2. The number of anilines is 1. The molecule has 0 radical (unpaired) electrons. The van der Waals surface area contributed by atoms with Crippen LogP contribution in [0.5, 0.6) is 0 Å². The average molecular weight is 290 g/mol. The second kappa shape index (κ2) is 7.46. The molecule has 0 spiro atoms. The molecule has 1 aromatic rings. The second-order valence-electron chi connectivity index (χ2n) is 5.55. The van der Waals surface area contributed by atoms with Gasteiger partial charge in [-0.1, -0.05) is 25.1 Å². The number of fused-ring (bicyclic) bond motifs is 1. The zero-order valence-electron chi connectivity index (χ0n) is 13.3. The summed E-state index contributed by atoms with van der Waals surface area (Å²) in [7, 11) is 0. The number of para-hydroxylation sites is 1. The standard InChI is InChI=1S/C17H26N2O2/c1-4-15-11-10-14-8-6-7-9-16(14)19(15)17(20)18-12-13(3)21-5-2/h6-9,13,15H,4-5,10-12H2,1-3H3,(H,18,20)/t13-,15-/m0/s1. The number of rotatable bonds is 5. The number of aryl methyl sites for hydroxylation is 1. The third kappa shape index (κ3) is 3.76. The van der Waals surface area contributed by atoms with E-state index in [0.29, 0.717) is 13.2 Å². The number of ether oxygens (including phenoxy) is 1. The Hall–Kier alpha value is -1.55. The Bertz CT molecular complexity index is 476. The molecule has 2 atom stereocenters. The maximum Gasteiger partial charge on any atom is 0.322 e. The van der Waals surface area contributed by atoms with Crippen LogP contribution in [0.1, 0.15) is 39.2 Å². The molecule has 0 fully saturated rings. The molecule has 4 heteroatoms. The molecule has 1 aliphatic rings. The van der Waals surface area contributed by atoms with Crippen LogP contribution in [0.4, 0.5) is 10.5 Å². The Morgan fingerprint density at radius 2 is 2.19 bits per heavy atom. The minimum Gasteiger partial charge on any atom is -0.377 e. The van der Waals surface area contributed by atoms with E-state index >= 15 is 0 Å². The van der Waals surface area contributed by atoms with Crippen molar-refractivity contribution in [2.24, 2.45) is 0 Å². The van der Waals surface area contributed by atoms with Gasteiger partial charge in [-0.3, -0.25) is 4.90 Å². The van der Waals surface area contributed by atoms with Crippen LogP contribution < -0.4 is 10.2 Å². The molecule has 1 aliphatic heterocycles. The van der Waals surface area contributed by atoms with E-state index < -0.39 is 0 Å². The van der Waals surface area contributed by atoms with Crippen LogP contribution >= 0.6 is 0 Å². The SMILES string of the molecule is CCO[C@@H](C)CNC(=O)N1c2ccccc2CC[C@@H]1CC. The van der Waals surface area contributed by atoms with Gasteiger partial charge in [-0.2, -0.15) is 0 Å². The first-order valence-electron chi connectivity index (χ1n) is 7.93. The molecule has 116 valence electrons. The van der Waals surface area contributed by atoms with Crippen LogP contribution in [0.2, 0.25) is 0 Å². The molecule has 4 nitrogen and oxygen atoms in total. The van der Waals surface area contributed by atoms with Crippen molar-refractivity contribution in [3.8, 4) is 0 Å². The maximum absolute atomic E-state index is 12.6. The summed E-state index contributed by atoms with van der Waals surface area (Å²) in [4.78, 5) is 14.5. The Labute approximate surface area is 127 Å². The minimum absolute atomic E-state index is 0.0134. The molecular weight excluding hydrogens is 264 g/mol. The minimum atomic E-state index is -0.0134. The quantitative estimate of drug-likeness (QED) is 0.903. The van der Waals surface area contributed by atoms with Gasteiger partial charge in [0, 0.05) is 24.9 Å². The topological polar surface area (TPSA) is 41.6 Å². The number of hydrogen-bond acceptors (Lipinski definition) is 2. The molecule has 0 saturated heterocycles. The maximum atomic E-state index is 12.6. The first kappa shape index (κ1) is 15.8. The average Bonchev–Trinajstić information content (AvgIpc) is 2.51. The van der Waals surface area contributed by atoms with Crippen LogP contribution in [0.25, 0.3) is 0 Å². The monoisotopic (exact) mass is 290 g/mol. The lowest BCUT2D eigenvalue weighted by Gasteiger charge is -2.37. The Balaban J connectivity index is 2.10. The number of nitrogens with zero attached hydrogens (tertiary/aromatic N) is 1. The fraction of sp³-hybridized carbons (Fsp3) is 0.588. The molecule has 0 aromatic heterocycles. The zero-order chi connectivity index (χ0) is 15.2. The van der Waals surface area contributed by atoms with Gasteiger partial charge in [0.2, 0.25) is 0 Å². The number of amides is 2. The normalized spacial score (nSPS) is 19.0. The highest BCUT2D eigenvalue weighted by Crippen LogP contribution is 2.31. The van der Waals surface area contributed by atoms with E-state index in [1.807, 2.05) is 36.9 Å². The molecule has 1 aromatic carbocycles. The molecule has 0 bridgehead atoms. The van der Waals surface area contributed by atoms with Gasteiger partial charge in [0.1, 0.15) is 0 Å². The number of urea groups is 1. The summed E-state index contributed by atoms with van der Waals surface area (Å²) in [5, 5.41) is 3.00. The lowest BCUT2D eigenvalue weighted by Crippen LogP contribution is -2.50. The van der Waals surface area contributed by atoms with E-state index in [2.05, 4.69) is 18.3 Å². The van der Waals surface area contributed by atoms with Gasteiger partial charge in [-0.25, -0.2) is 4.79 Å². The van der Waals surface area contributed by atoms with Crippen molar-refractivity contribution < 1.29 is 9.53 Å². The van der Waals surface area contributed by atoms with Gasteiger partial charge in [0.15, 0.2) is 0 Å². The van der Waals surface area contributed by atoms with Crippen molar-refractivity contribution in [2.75, 3.05) is 18.1 Å². The summed E-state index contributed by atoms with van der Waals surface area (Å²) in [5.74, 6) is 0. The Morgan fingerprint density at radius 1 is 1.43 bits per heavy atom. The van der Waals surface area contributed by atoms with E-state index in [1.165, 1.54) is 5.56 Å². The fourth-order valence-electron chi connectivity index (χ4n) is 2.93. The van der Waals surface area contributed by atoms with Gasteiger partial charge < -0.3 is 10.1 Å². The molecule has 1 N–H and O–H groups in total. The van der Waals surface area contributed by atoms with Crippen molar-refractivity contribution in [3.05, 3.63) is 29.8 Å². The fourth-order valence-corrected chi connectivity index (χ4v) is 2.93. The molecule has 0 aliphatic carbocycles. The number of hydrogen-bond donors (Lipinski definition) is 1. The Morgan fingerprint density at radius 3 is 2.90 bits per heavy atom. The van der Waals surface area contributed by atoms with Crippen LogP contribution in [0.3, 0.4) is 0 Å². The van der Waals surface area contributed by atoms with Crippen LogP contribution in [0, 0.1) is 0 Å². The van der Waals surface area contributed by atoms with Gasteiger partial charge in [-0.05, 0) is 44.7 Å². The lowest BCUT2D eigenvalue weighted by atomic mass is 9.94. The molecule has 0 unspecified atom stereocenters. The van der Waals surface area contributed by atoms with Crippen molar-refractivity contribution in [1.82, 2.24) is 5.32 Å². The van der Waals surface area contributed by atoms with Gasteiger partial charge >= 0.3 is 6.03 Å². The summed E-state index contributed by atoms with van der Waals surface area (Å²) in [6.45, 7) is 7.29. The van der Waals surface area contributed by atoms with E-state index in [1.54, 1.807) is 0 Å². The number of carbonyl (C=O) groups is 1. The number of nitrogens with one attached hydrogen (secondary N) is 1. The predicted molar refractivity (Wildman–Crippen MR) is 85.8 cm³/mol. The third-order valence-electron chi connectivity index (χ3n) is 4.05. The molecule has 2 rings (SSSR count). The summed E-state index contributed by atoms with van der Waals surface area (Å²) < 4.78 is 5.47. The second-order valence-corrected chi connectivity index (χ2v) is 5.55. The van der Waals surface area contributed by atoms with Gasteiger partial charge in [0.25, 0.3) is 0 Å². The summed E-state index contributed by atoms with van der Waals surface area (Å²) >= 11 is 0. The highest BCUT2D eigenvalue weighted by molar-refractivity contribution is 5.94. The molecule has 21 heavy (non-hydrogen) atoms. The highest BCUT2D eigenvalue weighted by atomic mass is 16.5. The first-order chi connectivity index (χ1) is 10.2. The summed E-state index contributed by atoms with van der Waals surface area (Å²) in [5.41, 5.74) is 2.31. The van der Waals surface area contributed by atoms with E-state index in [4.69, 9.17) is 4.74 Å². The highest BCUT2D eigenvalue weighted by Gasteiger charge is 2.29. The third-order valence-corrected chi connectivity index (χ3v) is 4.05. The number of carbonyl (C=O) groups excluding carboxylic acids is 1. The smallest absolute Gasteiger partial charge is 0.322 e. The van der Waals surface area contributed by atoms with Gasteiger partial charge in [0.05, 0.1) is 6.10 Å². The predicted octanol–water partition coefficient (Wildman–Crippen LogP) is 3.35. The lowest BCUT2D eigenvalue weighted by molar-refractivity contribution is 0.0777. The molecule has 0 saturated carbocycles. The number of benzene rings is 1. The van der Waals surface area contributed by atoms with E-state index in [9.17, 15) is 4.79 Å². The molecule has 2 amide bonds. The van der Waals surface area contributed by atoms with E-state index in [-0.39, 0.29) is 18.2 Å². The largest absolute Gasteiger partial charge is 0.377 e. The van der Waals surface area contributed by atoms with Crippen LogP contribution in [-0.4, -0.2) is 31.3 Å². The summed E-state index contributed by atoms with van der Waals surface area (Å²) in [6.07, 6.45) is 3.09. The van der Waals surface area contributed by atoms with Crippen molar-refractivity contribution in [3.63, 3.8) is 0 Å². The van der Waals surface area contributed by atoms with Gasteiger partial charge in [-0.15, -0.1) is 0 Å². The first-order valence-corrected chi connectivity index (χ1v) is 7.93. The zero-order valence-corrected chi connectivity index (χ0v) is 13.3. The van der Waals surface area contributed by atoms with Crippen molar-refractivity contribution in [1.29, 1.82) is 0 Å². The summed E-state index contributed by atoms with van der Waals surface area (Å²) in [6, 6.07) is 8.47. The van der Waals surface area contributed by atoms with Crippen LogP contribution in [0.15, 0.2) is 24.3 Å². The molecule has 1 heterocycles. The van der Waals surface area contributed by atoms with Crippen LogP contribution in [-0.2, 0) is 11.2 Å². The van der Waals surface area contributed by atoms with Crippen molar-refractivity contribution in [2.45, 2.75) is 52.2 Å². The van der Waals surface area contributed by atoms with Crippen molar-refractivity contribution >= 4 is 11.7 Å². The Kier molecular flexibility index (Phi) is 5.62. The van der Waals surface area contributed by atoms with E-state index in [0.717, 1.165) is 24.9 Å².